The molecule has 1 fully saturated rings. The van der Waals surface area contributed by atoms with Crippen LogP contribution in [0.25, 0.3) is 6.08 Å². The first-order chi connectivity index (χ1) is 14.5. The third-order valence-electron chi connectivity index (χ3n) is 4.75. The monoisotopic (exact) mass is 447 g/mol. The number of amides is 1. The number of anilines is 1. The molecule has 0 aliphatic carbocycles. The molecule has 1 amide bonds. The first-order valence-electron chi connectivity index (χ1n) is 9.78. The number of esters is 1. The van der Waals surface area contributed by atoms with Crippen molar-refractivity contribution in [1.29, 1.82) is 0 Å². The molecule has 3 rings (SSSR count). The zero-order valence-electron chi connectivity index (χ0n) is 16.7. The predicted molar refractivity (Wildman–Crippen MR) is 119 cm³/mol. The number of aromatic nitrogens is 1. The van der Waals surface area contributed by atoms with Crippen molar-refractivity contribution in [3.8, 4) is 0 Å². The minimum absolute atomic E-state index is 0.0476. The number of hydrogen-bond acceptors (Lipinski definition) is 5. The van der Waals surface area contributed by atoms with E-state index >= 15 is 0 Å². The lowest BCUT2D eigenvalue weighted by atomic mass is 10.2. The summed E-state index contributed by atoms with van der Waals surface area (Å²) in [7, 11) is 0. The Hall–Kier alpha value is -2.57. The zero-order valence-corrected chi connectivity index (χ0v) is 18.2. The Balaban J connectivity index is 1.58. The minimum Gasteiger partial charge on any atom is -0.462 e. The molecule has 0 unspecified atom stereocenters. The molecule has 2 aromatic rings. The van der Waals surface area contributed by atoms with Gasteiger partial charge in [-0.25, -0.2) is 9.78 Å². The van der Waals surface area contributed by atoms with E-state index in [1.165, 1.54) is 6.20 Å². The Bertz CT molecular complexity index is 932. The zero-order chi connectivity index (χ0) is 21.5. The Morgan fingerprint density at radius 2 is 1.93 bits per heavy atom. The van der Waals surface area contributed by atoms with Crippen LogP contribution in [0, 0.1) is 0 Å². The summed E-state index contributed by atoms with van der Waals surface area (Å²) in [6.45, 7) is 4.80. The van der Waals surface area contributed by atoms with Crippen LogP contribution < -0.4 is 4.90 Å². The summed E-state index contributed by atoms with van der Waals surface area (Å²) in [5, 5.41) is 0.940. The van der Waals surface area contributed by atoms with Crippen LogP contribution in [0.1, 0.15) is 29.3 Å². The molecule has 0 bridgehead atoms. The van der Waals surface area contributed by atoms with Crippen molar-refractivity contribution in [2.75, 3.05) is 37.7 Å². The molecule has 1 saturated heterocycles. The summed E-state index contributed by atoms with van der Waals surface area (Å²) in [4.78, 5) is 32.7. The molecule has 1 aliphatic rings. The third-order valence-corrected chi connectivity index (χ3v) is 5.49. The molecule has 0 saturated carbocycles. The Morgan fingerprint density at radius 3 is 2.63 bits per heavy atom. The molecule has 30 heavy (non-hydrogen) atoms. The number of carbonyl (C=O) groups is 2. The number of nitrogens with zero attached hydrogens (tertiary/aromatic N) is 3. The number of benzene rings is 1. The second-order valence-corrected chi connectivity index (χ2v) is 7.61. The highest BCUT2D eigenvalue weighted by molar-refractivity contribution is 6.42. The van der Waals surface area contributed by atoms with Gasteiger partial charge in [-0.05, 0) is 49.2 Å². The molecule has 1 aromatic heterocycles. The fourth-order valence-corrected chi connectivity index (χ4v) is 3.47. The second-order valence-electron chi connectivity index (χ2n) is 6.80. The normalized spacial score (nSPS) is 14.6. The topological polar surface area (TPSA) is 62.7 Å². The molecular weight excluding hydrogens is 425 g/mol. The maximum absolute atomic E-state index is 12.6. The fourth-order valence-electron chi connectivity index (χ4n) is 3.16. The van der Waals surface area contributed by atoms with E-state index in [1.54, 1.807) is 37.3 Å². The van der Waals surface area contributed by atoms with Gasteiger partial charge in [-0.3, -0.25) is 4.79 Å². The molecule has 1 aliphatic heterocycles. The number of pyridine rings is 1. The quantitative estimate of drug-likeness (QED) is 0.504. The molecule has 2 heterocycles. The van der Waals surface area contributed by atoms with Crippen LogP contribution >= 0.6 is 23.2 Å². The third kappa shape index (κ3) is 5.74. The molecule has 0 atom stereocenters. The van der Waals surface area contributed by atoms with Gasteiger partial charge in [0.2, 0.25) is 5.91 Å². The van der Waals surface area contributed by atoms with Gasteiger partial charge >= 0.3 is 5.97 Å². The smallest absolute Gasteiger partial charge is 0.339 e. The maximum Gasteiger partial charge on any atom is 0.339 e. The van der Waals surface area contributed by atoms with Crippen molar-refractivity contribution in [3.63, 3.8) is 0 Å². The van der Waals surface area contributed by atoms with Crippen molar-refractivity contribution in [2.45, 2.75) is 13.3 Å². The summed E-state index contributed by atoms with van der Waals surface area (Å²) < 4.78 is 4.98. The molecule has 0 radical (unpaired) electrons. The van der Waals surface area contributed by atoms with Crippen LogP contribution in [0.5, 0.6) is 0 Å². The Labute approximate surface area is 186 Å². The first kappa shape index (κ1) is 22.1. The lowest BCUT2D eigenvalue weighted by Gasteiger charge is -2.22. The van der Waals surface area contributed by atoms with Gasteiger partial charge in [0, 0.05) is 38.5 Å². The second kappa shape index (κ2) is 10.5. The van der Waals surface area contributed by atoms with Gasteiger partial charge in [-0.15, -0.1) is 0 Å². The van der Waals surface area contributed by atoms with Crippen molar-refractivity contribution in [3.05, 3.63) is 63.8 Å². The van der Waals surface area contributed by atoms with Crippen molar-refractivity contribution in [1.82, 2.24) is 9.88 Å². The molecule has 158 valence electrons. The number of ether oxygens (including phenoxy) is 1. The van der Waals surface area contributed by atoms with Crippen LogP contribution in [0.4, 0.5) is 5.82 Å². The van der Waals surface area contributed by atoms with Gasteiger partial charge in [0.05, 0.1) is 22.2 Å². The molecule has 0 spiro atoms. The summed E-state index contributed by atoms with van der Waals surface area (Å²) >= 11 is 11.9. The van der Waals surface area contributed by atoms with Gasteiger partial charge in [-0.1, -0.05) is 29.3 Å². The van der Waals surface area contributed by atoms with Crippen LogP contribution in [-0.4, -0.2) is 54.5 Å². The Morgan fingerprint density at radius 1 is 1.10 bits per heavy atom. The maximum atomic E-state index is 12.6. The number of rotatable bonds is 5. The van der Waals surface area contributed by atoms with E-state index in [2.05, 4.69) is 9.88 Å². The molecule has 8 heteroatoms. The highest BCUT2D eigenvalue weighted by Gasteiger charge is 2.19. The average molecular weight is 448 g/mol. The van der Waals surface area contributed by atoms with E-state index in [-0.39, 0.29) is 11.9 Å². The lowest BCUT2D eigenvalue weighted by molar-refractivity contribution is -0.125. The Kier molecular flexibility index (Phi) is 7.71. The molecule has 6 nitrogen and oxygen atoms in total. The van der Waals surface area contributed by atoms with E-state index in [9.17, 15) is 9.59 Å². The van der Waals surface area contributed by atoms with Crippen LogP contribution in [0.15, 0.2) is 42.6 Å². The SMILES string of the molecule is CCOC(=O)c1ccc(N2CCCN(C(=O)/C=C/c3ccc(Cl)c(Cl)c3)CC2)nc1. The van der Waals surface area contributed by atoms with E-state index in [4.69, 9.17) is 27.9 Å². The van der Waals surface area contributed by atoms with Gasteiger partial charge in [0.15, 0.2) is 0 Å². The predicted octanol–water partition coefficient (Wildman–Crippen LogP) is 4.32. The van der Waals surface area contributed by atoms with Crippen molar-refractivity contribution in [2.24, 2.45) is 0 Å². The lowest BCUT2D eigenvalue weighted by Crippen LogP contribution is -2.34. The van der Waals surface area contributed by atoms with Crippen LogP contribution in [0.3, 0.4) is 0 Å². The standard InChI is InChI=1S/C22H23Cl2N3O3/c1-2-30-22(29)17-6-8-20(25-15-17)26-10-3-11-27(13-12-26)21(28)9-5-16-4-7-18(23)19(24)14-16/h4-9,14-15H,2-3,10-13H2,1H3/b9-5+. The fraction of sp³-hybridized carbons (Fsp3) is 0.318. The molecule has 0 N–H and O–H groups in total. The van der Waals surface area contributed by atoms with Gasteiger partial charge in [0.1, 0.15) is 5.82 Å². The molecule has 1 aromatic carbocycles. The molecular formula is C22H23Cl2N3O3. The highest BCUT2D eigenvalue weighted by Crippen LogP contribution is 2.23. The van der Waals surface area contributed by atoms with E-state index in [0.717, 1.165) is 24.3 Å². The first-order valence-corrected chi connectivity index (χ1v) is 10.5. The van der Waals surface area contributed by atoms with E-state index in [1.807, 2.05) is 17.0 Å². The van der Waals surface area contributed by atoms with Crippen LogP contribution in [0.2, 0.25) is 10.0 Å². The highest BCUT2D eigenvalue weighted by atomic mass is 35.5. The number of halogens is 2. The number of hydrogen-bond donors (Lipinski definition) is 0. The van der Waals surface area contributed by atoms with Gasteiger partial charge in [-0.2, -0.15) is 0 Å². The largest absolute Gasteiger partial charge is 0.462 e. The summed E-state index contributed by atoms with van der Waals surface area (Å²) in [5.41, 5.74) is 1.25. The summed E-state index contributed by atoms with van der Waals surface area (Å²) in [6, 6.07) is 8.78. The van der Waals surface area contributed by atoms with Gasteiger partial charge in [0.25, 0.3) is 0 Å². The van der Waals surface area contributed by atoms with Crippen molar-refractivity contribution >= 4 is 47.0 Å². The van der Waals surface area contributed by atoms with Crippen LogP contribution in [-0.2, 0) is 9.53 Å². The minimum atomic E-state index is -0.377. The number of carbonyl (C=O) groups excluding carboxylic acids is 2. The van der Waals surface area contributed by atoms with E-state index in [0.29, 0.717) is 41.8 Å². The van der Waals surface area contributed by atoms with Crippen molar-refractivity contribution < 1.29 is 14.3 Å². The van der Waals surface area contributed by atoms with E-state index < -0.39 is 0 Å². The van der Waals surface area contributed by atoms with Gasteiger partial charge < -0.3 is 14.5 Å². The summed E-state index contributed by atoms with van der Waals surface area (Å²) in [5.74, 6) is 0.357. The summed E-state index contributed by atoms with van der Waals surface area (Å²) in [6.07, 6.45) is 5.65. The average Bonchev–Trinajstić information content (AvgIpc) is 3.01.